The number of imide groups is 1. The van der Waals surface area contributed by atoms with E-state index in [9.17, 15) is 14.4 Å². The zero-order valence-electron chi connectivity index (χ0n) is 26.3. The summed E-state index contributed by atoms with van der Waals surface area (Å²) in [4.78, 5) is 40.7. The summed E-state index contributed by atoms with van der Waals surface area (Å²) in [7, 11) is 0. The molecule has 3 amide bonds. The molecule has 6 atom stereocenters. The first-order chi connectivity index (χ1) is 20.3. The quantitative estimate of drug-likeness (QED) is 0.278. The molecular weight excluding hydrogens is 536 g/mol. The molecule has 4 unspecified atom stereocenters. The molecule has 230 valence electrons. The number of nitrogen functional groups attached to an aromatic ring is 1. The number of anilines is 2. The Morgan fingerprint density at radius 2 is 1.28 bits per heavy atom. The highest BCUT2D eigenvalue weighted by Gasteiger charge is 2.58. The Bertz CT molecular complexity index is 1490. The highest BCUT2D eigenvalue weighted by atomic mass is 16.2. The third-order valence-corrected chi connectivity index (χ3v) is 12.5. The van der Waals surface area contributed by atoms with Crippen molar-refractivity contribution in [3.63, 3.8) is 0 Å². The third-order valence-electron chi connectivity index (χ3n) is 12.5. The third kappa shape index (κ3) is 4.61. The van der Waals surface area contributed by atoms with Gasteiger partial charge in [-0.2, -0.15) is 0 Å². The average molecular weight is 585 g/mol. The van der Waals surface area contributed by atoms with E-state index in [1.807, 2.05) is 12.1 Å². The summed E-state index contributed by atoms with van der Waals surface area (Å²) < 4.78 is 0. The van der Waals surface area contributed by atoms with E-state index in [0.29, 0.717) is 0 Å². The summed E-state index contributed by atoms with van der Waals surface area (Å²) in [5.41, 5.74) is 16.7. The van der Waals surface area contributed by atoms with Crippen molar-refractivity contribution < 1.29 is 14.4 Å². The van der Waals surface area contributed by atoms with Gasteiger partial charge >= 0.3 is 0 Å². The van der Waals surface area contributed by atoms with Gasteiger partial charge in [0.2, 0.25) is 17.7 Å². The molecule has 43 heavy (non-hydrogen) atoms. The normalized spacial score (nSPS) is 34.5. The van der Waals surface area contributed by atoms with E-state index in [-0.39, 0.29) is 46.9 Å². The molecule has 4 aliphatic rings. The maximum Gasteiger partial charge on any atom is 0.238 e. The molecule has 0 radical (unpaired) electrons. The number of nitrogens with one attached hydrogen (secondary N) is 2. The Kier molecular flexibility index (Phi) is 7.27. The van der Waals surface area contributed by atoms with Crippen LogP contribution in [-0.4, -0.2) is 24.3 Å². The van der Waals surface area contributed by atoms with Gasteiger partial charge in [-0.25, -0.2) is 0 Å². The van der Waals surface area contributed by atoms with Crippen molar-refractivity contribution in [2.75, 3.05) is 17.6 Å². The van der Waals surface area contributed by atoms with Crippen LogP contribution < -0.4 is 22.1 Å². The van der Waals surface area contributed by atoms with Gasteiger partial charge in [0.1, 0.15) is 0 Å². The van der Waals surface area contributed by atoms with Crippen molar-refractivity contribution >= 4 is 29.1 Å². The van der Waals surface area contributed by atoms with E-state index >= 15 is 0 Å². The molecule has 7 heteroatoms. The number of rotatable bonds is 4. The molecule has 7 nitrogen and oxygen atoms in total. The second kappa shape index (κ2) is 10.5. The Morgan fingerprint density at radius 3 is 1.81 bits per heavy atom. The van der Waals surface area contributed by atoms with E-state index in [1.54, 1.807) is 0 Å². The topological polar surface area (TPSA) is 127 Å². The highest BCUT2D eigenvalue weighted by Crippen LogP contribution is 2.59. The number of hydrogen-bond acceptors (Lipinski definition) is 5. The van der Waals surface area contributed by atoms with Crippen LogP contribution in [0.1, 0.15) is 101 Å². The monoisotopic (exact) mass is 584 g/mol. The number of aryl methyl sites for hydroxylation is 2. The smallest absolute Gasteiger partial charge is 0.238 e. The lowest BCUT2D eigenvalue weighted by molar-refractivity contribution is -0.150. The molecule has 2 saturated carbocycles. The molecule has 6 rings (SSSR count). The molecule has 0 bridgehead atoms. The number of carbonyl (C=O) groups is 3. The van der Waals surface area contributed by atoms with Gasteiger partial charge in [0.15, 0.2) is 0 Å². The minimum Gasteiger partial charge on any atom is -0.399 e. The van der Waals surface area contributed by atoms with Gasteiger partial charge in [-0.15, -0.1) is 0 Å². The van der Waals surface area contributed by atoms with E-state index < -0.39 is 10.8 Å². The summed E-state index contributed by atoms with van der Waals surface area (Å²) in [6.45, 7) is 8.68. The zero-order valence-corrected chi connectivity index (χ0v) is 26.3. The van der Waals surface area contributed by atoms with Crippen LogP contribution >= 0.6 is 0 Å². The van der Waals surface area contributed by atoms with Crippen molar-refractivity contribution in [2.45, 2.75) is 103 Å². The summed E-state index contributed by atoms with van der Waals surface area (Å²) in [6.07, 6.45) is 9.01. The van der Waals surface area contributed by atoms with Gasteiger partial charge in [-0.3, -0.25) is 19.7 Å². The van der Waals surface area contributed by atoms with Crippen LogP contribution in [0.25, 0.3) is 0 Å². The van der Waals surface area contributed by atoms with Crippen LogP contribution in [0, 0.1) is 22.7 Å². The number of fused-ring (bicyclic) bond motifs is 6. The molecule has 0 heterocycles. The fourth-order valence-corrected chi connectivity index (χ4v) is 10.2. The van der Waals surface area contributed by atoms with E-state index in [1.165, 1.54) is 22.3 Å². The number of amides is 3. The van der Waals surface area contributed by atoms with E-state index in [4.69, 9.17) is 11.5 Å². The standard InChI is InChI=1S/C36H48N4O3/c1-33-15-5-17-35(3,28(33)13-9-22-7-11-24(38)19-26(22)33)31(42)40-32(43)36(4)18-6-16-34(2)27-20-25(39-30(41)21-37)12-8-23(27)10-14-29(34)36/h7-8,11-12,19-20,28-29H,5-6,9-10,13-18,21,37-38H2,1-4H3,(H,39,41)(H,40,42,43)/t28?,29?,33?,34?,35-,36-/m0/s1. The van der Waals surface area contributed by atoms with Crippen molar-refractivity contribution in [1.82, 2.24) is 5.32 Å². The van der Waals surface area contributed by atoms with Crippen LogP contribution in [-0.2, 0) is 38.1 Å². The number of benzene rings is 2. The van der Waals surface area contributed by atoms with Crippen LogP contribution in [0.5, 0.6) is 0 Å². The SMILES string of the molecule is CC12CCC[C@](C)(C(=O)NC(=O)[C@@]3(C)CCCC4(C)c5cc(NC(=O)CN)ccc5CCC43)C1CCc1ccc(N)cc12. The van der Waals surface area contributed by atoms with E-state index in [2.05, 4.69) is 62.6 Å². The van der Waals surface area contributed by atoms with Gasteiger partial charge in [-0.05, 0) is 121 Å². The maximum absolute atomic E-state index is 14.3. The Morgan fingerprint density at radius 1 is 0.767 bits per heavy atom. The fourth-order valence-electron chi connectivity index (χ4n) is 10.2. The molecule has 0 aromatic heterocycles. The van der Waals surface area contributed by atoms with Crippen molar-refractivity contribution in [1.29, 1.82) is 0 Å². The molecule has 4 aliphatic carbocycles. The number of nitrogens with two attached hydrogens (primary N) is 2. The fraction of sp³-hybridized carbons (Fsp3) is 0.583. The summed E-state index contributed by atoms with van der Waals surface area (Å²) in [5, 5.41) is 5.94. The molecule has 2 fully saturated rings. The van der Waals surface area contributed by atoms with Crippen LogP contribution in [0.15, 0.2) is 36.4 Å². The highest BCUT2D eigenvalue weighted by molar-refractivity contribution is 6.01. The van der Waals surface area contributed by atoms with Crippen molar-refractivity contribution in [3.8, 4) is 0 Å². The first kappa shape index (κ1) is 29.9. The second-order valence-electron chi connectivity index (χ2n) is 14.9. The molecule has 2 aromatic rings. The van der Waals surface area contributed by atoms with E-state index in [0.717, 1.165) is 75.6 Å². The second-order valence-corrected chi connectivity index (χ2v) is 14.9. The Balaban J connectivity index is 1.26. The predicted octanol–water partition coefficient (Wildman–Crippen LogP) is 5.53. The van der Waals surface area contributed by atoms with Gasteiger partial charge in [0.05, 0.1) is 17.4 Å². The lowest BCUT2D eigenvalue weighted by atomic mass is 9.49. The van der Waals surface area contributed by atoms with Crippen LogP contribution in [0.2, 0.25) is 0 Å². The summed E-state index contributed by atoms with van der Waals surface area (Å²) in [6, 6.07) is 12.4. The first-order valence-corrected chi connectivity index (χ1v) is 16.2. The lowest BCUT2D eigenvalue weighted by Crippen LogP contribution is -2.60. The Labute approximate surface area is 255 Å². The molecule has 2 aromatic carbocycles. The minimum absolute atomic E-state index is 0.0667. The van der Waals surface area contributed by atoms with Crippen LogP contribution in [0.4, 0.5) is 11.4 Å². The Hall–Kier alpha value is -3.19. The molecule has 0 saturated heterocycles. The predicted molar refractivity (Wildman–Crippen MR) is 170 cm³/mol. The van der Waals surface area contributed by atoms with Gasteiger partial charge < -0.3 is 16.8 Å². The lowest BCUT2D eigenvalue weighted by Gasteiger charge is -2.56. The van der Waals surface area contributed by atoms with Crippen molar-refractivity contribution in [3.05, 3.63) is 58.7 Å². The molecule has 6 N–H and O–H groups in total. The zero-order chi connectivity index (χ0) is 30.8. The summed E-state index contributed by atoms with van der Waals surface area (Å²) >= 11 is 0. The first-order valence-electron chi connectivity index (χ1n) is 16.2. The van der Waals surface area contributed by atoms with Gasteiger partial charge in [-0.1, -0.05) is 52.7 Å². The number of carbonyl (C=O) groups excluding carboxylic acids is 3. The largest absolute Gasteiger partial charge is 0.399 e. The van der Waals surface area contributed by atoms with Gasteiger partial charge in [0.25, 0.3) is 0 Å². The maximum atomic E-state index is 14.3. The van der Waals surface area contributed by atoms with Gasteiger partial charge in [0, 0.05) is 11.4 Å². The molecule has 0 aliphatic heterocycles. The van der Waals surface area contributed by atoms with Crippen LogP contribution in [0.3, 0.4) is 0 Å². The molecule has 0 spiro atoms. The number of hydrogen-bond donors (Lipinski definition) is 4. The average Bonchev–Trinajstić information content (AvgIpc) is 2.97. The van der Waals surface area contributed by atoms with Crippen molar-refractivity contribution in [2.24, 2.45) is 28.4 Å². The summed E-state index contributed by atoms with van der Waals surface area (Å²) in [5.74, 6) is -0.232. The minimum atomic E-state index is -0.668. The molecular formula is C36H48N4O3.